The molecule has 0 bridgehead atoms. The number of ether oxygens (including phenoxy) is 3. The molecule has 3 amide bonds. The number of amides is 3. The maximum atomic E-state index is 13.6. The fraction of sp³-hybridized carbons (Fsp3) is 0.621. The van der Waals surface area contributed by atoms with Crippen LogP contribution in [-0.4, -0.2) is 78.6 Å². The van der Waals surface area contributed by atoms with Gasteiger partial charge in [0.25, 0.3) is 0 Å². The highest BCUT2D eigenvalue weighted by molar-refractivity contribution is 5.92. The third-order valence-corrected chi connectivity index (χ3v) is 6.08. The second-order valence-electron chi connectivity index (χ2n) is 11.7. The van der Waals surface area contributed by atoms with Gasteiger partial charge in [-0.3, -0.25) is 9.59 Å². The van der Waals surface area contributed by atoms with Crippen molar-refractivity contribution < 1.29 is 33.7 Å². The molecule has 1 aromatic carbocycles. The molecule has 10 heteroatoms. The third kappa shape index (κ3) is 9.75. The minimum atomic E-state index is -0.976. The van der Waals surface area contributed by atoms with Crippen LogP contribution in [0.3, 0.4) is 0 Å². The van der Waals surface area contributed by atoms with E-state index in [1.807, 2.05) is 20.8 Å². The lowest BCUT2D eigenvalue weighted by Gasteiger charge is -2.35. The van der Waals surface area contributed by atoms with Gasteiger partial charge in [0.2, 0.25) is 11.8 Å². The van der Waals surface area contributed by atoms with E-state index in [4.69, 9.17) is 20.6 Å². The monoisotopic (exact) mass is 545 g/mol. The summed E-state index contributed by atoms with van der Waals surface area (Å²) >= 11 is 0. The highest BCUT2D eigenvalue weighted by atomic mass is 16.6. The molecule has 1 saturated heterocycles. The summed E-state index contributed by atoms with van der Waals surface area (Å²) in [7, 11) is 1.62. The lowest BCUT2D eigenvalue weighted by molar-refractivity contribution is -0.142. The highest BCUT2D eigenvalue weighted by Gasteiger charge is 2.44. The average Bonchev–Trinajstić information content (AvgIpc) is 3.23. The third-order valence-electron chi connectivity index (χ3n) is 6.08. The van der Waals surface area contributed by atoms with Crippen LogP contribution >= 0.6 is 0 Å². The molecular weight excluding hydrogens is 502 g/mol. The fourth-order valence-corrected chi connectivity index (χ4v) is 4.16. The molecule has 0 aliphatic carbocycles. The molecule has 2 rings (SSSR count). The molecule has 1 heterocycles. The van der Waals surface area contributed by atoms with Crippen molar-refractivity contribution in [2.45, 2.75) is 84.7 Å². The Morgan fingerprint density at radius 2 is 1.87 bits per heavy atom. The first kappa shape index (κ1) is 31.9. The number of alkyl carbamates (subject to hydrolysis) is 1. The number of β-amino-alcohol motifs (C(OH)–C–C–N with tert-alkyl or cyclic N) is 1. The van der Waals surface area contributed by atoms with Crippen LogP contribution < -0.4 is 15.4 Å². The van der Waals surface area contributed by atoms with Crippen LogP contribution in [0, 0.1) is 17.8 Å². The van der Waals surface area contributed by atoms with E-state index in [1.165, 1.54) is 4.90 Å². The van der Waals surface area contributed by atoms with Gasteiger partial charge >= 0.3 is 6.09 Å². The van der Waals surface area contributed by atoms with Gasteiger partial charge in [0.15, 0.2) is 0 Å². The molecule has 1 aliphatic heterocycles. The van der Waals surface area contributed by atoms with Gasteiger partial charge in [0.05, 0.1) is 12.7 Å². The molecule has 3 atom stereocenters. The summed E-state index contributed by atoms with van der Waals surface area (Å²) in [5.41, 5.74) is -0.0632. The van der Waals surface area contributed by atoms with Crippen molar-refractivity contribution in [3.8, 4) is 18.1 Å². The Kier molecular flexibility index (Phi) is 11.2. The second kappa shape index (κ2) is 13.7. The van der Waals surface area contributed by atoms with Gasteiger partial charge in [0, 0.05) is 50.8 Å². The van der Waals surface area contributed by atoms with Gasteiger partial charge in [-0.15, -0.1) is 6.42 Å². The Balaban J connectivity index is 2.16. The van der Waals surface area contributed by atoms with E-state index in [-0.39, 0.29) is 19.5 Å². The maximum Gasteiger partial charge on any atom is 0.408 e. The first-order valence-corrected chi connectivity index (χ1v) is 13.1. The minimum Gasteiger partial charge on any atom is -0.493 e. The predicted molar refractivity (Wildman–Crippen MR) is 147 cm³/mol. The Hall–Kier alpha value is -3.29. The molecule has 0 saturated carbocycles. The molecule has 0 aromatic heterocycles. The second-order valence-corrected chi connectivity index (χ2v) is 11.7. The van der Waals surface area contributed by atoms with E-state index in [0.717, 1.165) is 5.56 Å². The molecule has 0 unspecified atom stereocenters. The van der Waals surface area contributed by atoms with Crippen LogP contribution in [-0.2, 0) is 25.6 Å². The number of likely N-dealkylation sites (tertiary alicyclic amines) is 1. The summed E-state index contributed by atoms with van der Waals surface area (Å²) in [5, 5.41) is 15.9. The SMILES string of the molecule is C#Cc1ccc(CNC(=O)[C@@H]2C[C@@H](O)CN2C(=O)[C@@H](NC(=O)OC(C)(C)C)C(C)(C)C)c(OCCCOC)c1. The Labute approximate surface area is 231 Å². The molecule has 10 nitrogen and oxygen atoms in total. The smallest absolute Gasteiger partial charge is 0.408 e. The van der Waals surface area contributed by atoms with Crippen molar-refractivity contribution in [3.05, 3.63) is 29.3 Å². The summed E-state index contributed by atoms with van der Waals surface area (Å²) in [5.74, 6) is 2.24. The highest BCUT2D eigenvalue weighted by Crippen LogP contribution is 2.27. The summed E-state index contributed by atoms with van der Waals surface area (Å²) in [6.07, 6.45) is 4.69. The quantitative estimate of drug-likeness (QED) is 0.305. The van der Waals surface area contributed by atoms with Crippen LogP contribution in [0.5, 0.6) is 5.75 Å². The number of nitrogens with one attached hydrogen (secondary N) is 2. The van der Waals surface area contributed by atoms with Crippen molar-refractivity contribution in [1.82, 2.24) is 15.5 Å². The van der Waals surface area contributed by atoms with Gasteiger partial charge < -0.3 is 34.9 Å². The molecule has 0 radical (unpaired) electrons. The number of aliphatic hydroxyl groups is 1. The number of nitrogens with zero attached hydrogens (tertiary/aromatic N) is 1. The normalized spacial score (nSPS) is 18.2. The van der Waals surface area contributed by atoms with Crippen molar-refractivity contribution in [2.24, 2.45) is 5.41 Å². The number of aliphatic hydroxyl groups excluding tert-OH is 1. The van der Waals surface area contributed by atoms with Crippen molar-refractivity contribution in [1.29, 1.82) is 0 Å². The van der Waals surface area contributed by atoms with Gasteiger partial charge in [-0.25, -0.2) is 4.79 Å². The molecule has 3 N–H and O–H groups in total. The molecule has 1 aromatic rings. The molecule has 39 heavy (non-hydrogen) atoms. The Morgan fingerprint density at radius 1 is 1.18 bits per heavy atom. The van der Waals surface area contributed by atoms with Crippen LogP contribution in [0.2, 0.25) is 0 Å². The number of hydrogen-bond donors (Lipinski definition) is 3. The summed E-state index contributed by atoms with van der Waals surface area (Å²) in [6.45, 7) is 11.7. The average molecular weight is 546 g/mol. The lowest BCUT2D eigenvalue weighted by Crippen LogP contribution is -2.58. The maximum absolute atomic E-state index is 13.6. The Bertz CT molecular complexity index is 1050. The molecule has 1 fully saturated rings. The molecule has 1 aliphatic rings. The van der Waals surface area contributed by atoms with Crippen LogP contribution in [0.25, 0.3) is 0 Å². The van der Waals surface area contributed by atoms with E-state index < -0.39 is 47.1 Å². The number of benzene rings is 1. The van der Waals surface area contributed by atoms with Crippen molar-refractivity contribution >= 4 is 17.9 Å². The molecule has 216 valence electrons. The van der Waals surface area contributed by atoms with Crippen molar-refractivity contribution in [2.75, 3.05) is 26.9 Å². The lowest BCUT2D eigenvalue weighted by atomic mass is 9.85. The largest absolute Gasteiger partial charge is 0.493 e. The van der Waals surface area contributed by atoms with Gasteiger partial charge in [-0.05, 0) is 38.3 Å². The van der Waals surface area contributed by atoms with Crippen LogP contribution in [0.4, 0.5) is 4.79 Å². The van der Waals surface area contributed by atoms with Gasteiger partial charge in [-0.2, -0.15) is 0 Å². The number of hydrogen-bond acceptors (Lipinski definition) is 7. The molecule has 0 spiro atoms. The van der Waals surface area contributed by atoms with E-state index in [2.05, 4.69) is 16.6 Å². The van der Waals surface area contributed by atoms with Crippen molar-refractivity contribution in [3.63, 3.8) is 0 Å². The van der Waals surface area contributed by atoms with Gasteiger partial charge in [-0.1, -0.05) is 32.8 Å². The first-order valence-electron chi connectivity index (χ1n) is 13.1. The summed E-state index contributed by atoms with van der Waals surface area (Å²) in [4.78, 5) is 40.7. The zero-order valence-corrected chi connectivity index (χ0v) is 24.1. The number of carbonyl (C=O) groups is 3. The number of carbonyl (C=O) groups excluding carboxylic acids is 3. The number of rotatable bonds is 10. The van der Waals surface area contributed by atoms with Gasteiger partial charge in [0.1, 0.15) is 23.4 Å². The fourth-order valence-electron chi connectivity index (χ4n) is 4.16. The number of methoxy groups -OCH3 is 1. The zero-order chi connectivity index (χ0) is 29.4. The van der Waals surface area contributed by atoms with Crippen LogP contribution in [0.1, 0.15) is 65.5 Å². The van der Waals surface area contributed by atoms with E-state index >= 15 is 0 Å². The Morgan fingerprint density at radius 3 is 2.46 bits per heavy atom. The summed E-state index contributed by atoms with van der Waals surface area (Å²) in [6, 6.07) is 3.40. The number of terminal acetylenes is 1. The minimum absolute atomic E-state index is 0.0236. The standard InChI is InChI=1S/C29H43N3O7/c1-9-19-11-12-20(23(15-19)38-14-10-13-37-8)17-30-25(34)22-16-21(33)18-32(22)26(35)24(28(2,3)4)31-27(36)39-29(5,6)7/h1,11-12,15,21-22,24,33H,10,13-14,16-18H2,2-8H3,(H,30,34)(H,31,36)/t21-,22+,24-/m1/s1. The zero-order valence-electron chi connectivity index (χ0n) is 24.1. The van der Waals surface area contributed by atoms with Crippen LogP contribution in [0.15, 0.2) is 18.2 Å². The van der Waals surface area contributed by atoms with E-state index in [1.54, 1.807) is 46.1 Å². The van der Waals surface area contributed by atoms with E-state index in [9.17, 15) is 19.5 Å². The molecular formula is C29H43N3O7. The first-order chi connectivity index (χ1) is 18.2. The summed E-state index contributed by atoms with van der Waals surface area (Å²) < 4.78 is 16.3. The topological polar surface area (TPSA) is 126 Å². The predicted octanol–water partition coefficient (Wildman–Crippen LogP) is 2.60. The van der Waals surface area contributed by atoms with E-state index in [0.29, 0.717) is 30.9 Å².